The number of carbonyl (C=O) groups excluding carboxylic acids is 1. The second kappa shape index (κ2) is 9.28. The predicted octanol–water partition coefficient (Wildman–Crippen LogP) is 2.54. The van der Waals surface area contributed by atoms with Gasteiger partial charge in [0.1, 0.15) is 11.4 Å². The van der Waals surface area contributed by atoms with Gasteiger partial charge in [0, 0.05) is 64.1 Å². The van der Waals surface area contributed by atoms with E-state index >= 15 is 0 Å². The Hall–Kier alpha value is -2.94. The molecular weight excluding hydrogens is 406 g/mol. The first-order valence-electron chi connectivity index (χ1n) is 11.3. The summed E-state index contributed by atoms with van der Waals surface area (Å²) in [6, 6.07) is 5.72. The van der Waals surface area contributed by atoms with Crippen molar-refractivity contribution in [2.75, 3.05) is 51.5 Å². The molecule has 1 saturated heterocycles. The zero-order valence-electron chi connectivity index (χ0n) is 19.2. The van der Waals surface area contributed by atoms with Gasteiger partial charge in [-0.3, -0.25) is 14.9 Å². The number of amides is 1. The van der Waals surface area contributed by atoms with Crippen LogP contribution in [0.25, 0.3) is 11.0 Å². The molecule has 2 aromatic rings. The minimum atomic E-state index is -0.449. The summed E-state index contributed by atoms with van der Waals surface area (Å²) in [6.45, 7) is 11.6. The molecule has 0 aliphatic carbocycles. The summed E-state index contributed by atoms with van der Waals surface area (Å²) in [5.41, 5.74) is 8.14. The Morgan fingerprint density at radius 2 is 1.94 bits per heavy atom. The number of ether oxygens (including phenoxy) is 1. The summed E-state index contributed by atoms with van der Waals surface area (Å²) >= 11 is 0. The van der Waals surface area contributed by atoms with E-state index in [1.807, 2.05) is 39.2 Å². The number of nitrogens with zero attached hydrogens (tertiary/aromatic N) is 6. The summed E-state index contributed by atoms with van der Waals surface area (Å²) in [7, 11) is 0. The number of hydrogen-bond acceptors (Lipinski definition) is 8. The van der Waals surface area contributed by atoms with E-state index in [-0.39, 0.29) is 12.0 Å². The molecule has 2 aromatic heterocycles. The Labute approximate surface area is 189 Å². The smallest absolute Gasteiger partial charge is 0.410 e. The number of carbonyl (C=O) groups is 1. The number of nitrogens with two attached hydrogens (primary N) is 1. The molecule has 9 heteroatoms. The lowest BCUT2D eigenvalue weighted by Gasteiger charge is -2.35. The van der Waals surface area contributed by atoms with E-state index < -0.39 is 5.60 Å². The fourth-order valence-electron chi connectivity index (χ4n) is 4.03. The molecule has 0 spiro atoms. The van der Waals surface area contributed by atoms with Crippen molar-refractivity contribution in [2.45, 2.75) is 38.7 Å². The monoisotopic (exact) mass is 439 g/mol. The second-order valence-electron chi connectivity index (χ2n) is 9.49. The van der Waals surface area contributed by atoms with Crippen LogP contribution in [0.2, 0.25) is 0 Å². The average Bonchev–Trinajstić information content (AvgIpc) is 3.21. The number of hydrogen-bond donors (Lipinski definition) is 1. The standard InChI is InChI=1S/C23H33N7O2/c1-23(2,3)32-22(31)29-11-9-28(10-12-29)7-4-8-30-16-18(15-26-30)17-13-20-19(25-14-17)5-6-21(24)27-20/h5-6,13-15,18H,4,7-12,16H2,1-3H3,(H2,24,27). The third kappa shape index (κ3) is 5.64. The number of anilines is 1. The van der Waals surface area contributed by atoms with Gasteiger partial charge in [0.2, 0.25) is 0 Å². The number of fused-ring (bicyclic) bond motifs is 1. The van der Waals surface area contributed by atoms with Gasteiger partial charge in [-0.2, -0.15) is 5.10 Å². The van der Waals surface area contributed by atoms with Crippen molar-refractivity contribution in [1.82, 2.24) is 24.8 Å². The van der Waals surface area contributed by atoms with Gasteiger partial charge >= 0.3 is 6.09 Å². The lowest BCUT2D eigenvalue weighted by Crippen LogP contribution is -2.50. The highest BCUT2D eigenvalue weighted by Gasteiger charge is 2.26. The van der Waals surface area contributed by atoms with Crippen LogP contribution in [-0.4, -0.2) is 88.5 Å². The van der Waals surface area contributed by atoms with Crippen LogP contribution in [0, 0.1) is 0 Å². The highest BCUT2D eigenvalue weighted by molar-refractivity contribution is 5.78. The van der Waals surface area contributed by atoms with Crippen LogP contribution in [0.3, 0.4) is 0 Å². The van der Waals surface area contributed by atoms with Crippen LogP contribution in [0.1, 0.15) is 38.7 Å². The summed E-state index contributed by atoms with van der Waals surface area (Å²) in [5, 5.41) is 6.71. The van der Waals surface area contributed by atoms with Crippen molar-refractivity contribution in [2.24, 2.45) is 5.10 Å². The van der Waals surface area contributed by atoms with Crippen molar-refractivity contribution in [3.63, 3.8) is 0 Å². The van der Waals surface area contributed by atoms with Crippen LogP contribution >= 0.6 is 0 Å². The number of piperazine rings is 1. The van der Waals surface area contributed by atoms with Gasteiger partial charge in [-0.1, -0.05) is 0 Å². The molecule has 2 aliphatic rings. The van der Waals surface area contributed by atoms with E-state index in [4.69, 9.17) is 10.5 Å². The first-order chi connectivity index (χ1) is 15.3. The number of pyridine rings is 2. The van der Waals surface area contributed by atoms with E-state index in [1.165, 1.54) is 0 Å². The molecule has 9 nitrogen and oxygen atoms in total. The number of nitrogen functional groups attached to an aromatic ring is 1. The molecule has 172 valence electrons. The predicted molar refractivity (Wildman–Crippen MR) is 126 cm³/mol. The van der Waals surface area contributed by atoms with Gasteiger partial charge in [-0.15, -0.1) is 0 Å². The Balaban J connectivity index is 1.19. The van der Waals surface area contributed by atoms with Gasteiger partial charge in [-0.05, 0) is 51.0 Å². The molecule has 2 N–H and O–H groups in total. The van der Waals surface area contributed by atoms with E-state index in [0.717, 1.165) is 55.7 Å². The first-order valence-corrected chi connectivity index (χ1v) is 11.3. The SMILES string of the molecule is CC(C)(C)OC(=O)N1CCN(CCCN2CC(c3cnc4ccc(N)nc4c3)C=N2)CC1. The molecule has 1 amide bonds. The fourth-order valence-corrected chi connectivity index (χ4v) is 4.03. The molecule has 32 heavy (non-hydrogen) atoms. The molecule has 0 saturated carbocycles. The Bertz CT molecular complexity index is 980. The van der Waals surface area contributed by atoms with Gasteiger partial charge in [0.05, 0.1) is 11.0 Å². The number of rotatable bonds is 5. The maximum atomic E-state index is 12.2. The molecule has 2 aliphatic heterocycles. The third-order valence-electron chi connectivity index (χ3n) is 5.74. The Kier molecular flexibility index (Phi) is 6.45. The van der Waals surface area contributed by atoms with Crippen LogP contribution < -0.4 is 5.73 Å². The van der Waals surface area contributed by atoms with Crippen molar-refractivity contribution in [1.29, 1.82) is 0 Å². The topological polar surface area (TPSA) is 100 Å². The van der Waals surface area contributed by atoms with E-state index in [1.54, 1.807) is 11.0 Å². The van der Waals surface area contributed by atoms with Gasteiger partial charge in [0.15, 0.2) is 0 Å². The summed E-state index contributed by atoms with van der Waals surface area (Å²) in [6.07, 6.45) is 4.72. The fraction of sp³-hybridized carbons (Fsp3) is 0.565. The van der Waals surface area contributed by atoms with Crippen LogP contribution in [0.5, 0.6) is 0 Å². The van der Waals surface area contributed by atoms with Crippen molar-refractivity contribution in [3.05, 3.63) is 30.0 Å². The number of aromatic nitrogens is 2. The van der Waals surface area contributed by atoms with E-state index in [0.29, 0.717) is 18.9 Å². The highest BCUT2D eigenvalue weighted by Crippen LogP contribution is 2.23. The molecule has 4 rings (SSSR count). The normalized spacial score (nSPS) is 19.7. The lowest BCUT2D eigenvalue weighted by molar-refractivity contribution is 0.0143. The summed E-state index contributed by atoms with van der Waals surface area (Å²) in [5.74, 6) is 0.720. The molecule has 1 fully saturated rings. The first kappa shape index (κ1) is 22.3. The molecule has 1 unspecified atom stereocenters. The molecule has 0 radical (unpaired) electrons. The van der Waals surface area contributed by atoms with Crippen molar-refractivity contribution >= 4 is 29.2 Å². The summed E-state index contributed by atoms with van der Waals surface area (Å²) < 4.78 is 5.47. The maximum absolute atomic E-state index is 12.2. The summed E-state index contributed by atoms with van der Waals surface area (Å²) in [4.78, 5) is 25.3. The highest BCUT2D eigenvalue weighted by atomic mass is 16.6. The molecule has 0 aromatic carbocycles. The van der Waals surface area contributed by atoms with Crippen LogP contribution in [-0.2, 0) is 4.74 Å². The maximum Gasteiger partial charge on any atom is 0.410 e. The van der Waals surface area contributed by atoms with Crippen LogP contribution in [0.15, 0.2) is 29.5 Å². The van der Waals surface area contributed by atoms with Crippen LogP contribution in [0.4, 0.5) is 10.6 Å². The Morgan fingerprint density at radius 1 is 1.16 bits per heavy atom. The van der Waals surface area contributed by atoms with E-state index in [9.17, 15) is 4.79 Å². The van der Waals surface area contributed by atoms with Crippen molar-refractivity contribution in [3.8, 4) is 0 Å². The van der Waals surface area contributed by atoms with Gasteiger partial charge in [0.25, 0.3) is 0 Å². The second-order valence-corrected chi connectivity index (χ2v) is 9.49. The van der Waals surface area contributed by atoms with Crippen molar-refractivity contribution < 1.29 is 9.53 Å². The largest absolute Gasteiger partial charge is 0.444 e. The van der Waals surface area contributed by atoms with E-state index in [2.05, 4.69) is 31.0 Å². The average molecular weight is 440 g/mol. The van der Waals surface area contributed by atoms with Gasteiger partial charge < -0.3 is 15.4 Å². The Morgan fingerprint density at radius 3 is 2.69 bits per heavy atom. The minimum Gasteiger partial charge on any atom is -0.444 e. The molecule has 1 atom stereocenters. The minimum absolute atomic E-state index is 0.212. The third-order valence-corrected chi connectivity index (χ3v) is 5.74. The zero-order chi connectivity index (χ0) is 22.7. The molecule has 0 bridgehead atoms. The molecule has 4 heterocycles. The quantitative estimate of drug-likeness (QED) is 0.764. The van der Waals surface area contributed by atoms with Gasteiger partial charge in [-0.25, -0.2) is 9.78 Å². The number of hydrazone groups is 1. The zero-order valence-corrected chi connectivity index (χ0v) is 19.2. The molecular formula is C23H33N7O2. The lowest BCUT2D eigenvalue weighted by atomic mass is 10.0.